The molecule has 8 aromatic carbocycles. The van der Waals surface area contributed by atoms with E-state index in [1.165, 1.54) is 115 Å². The monoisotopic (exact) mass is 650 g/mol. The summed E-state index contributed by atoms with van der Waals surface area (Å²) in [4.78, 5) is 0. The molecule has 0 saturated carbocycles. The highest BCUT2D eigenvalue weighted by molar-refractivity contribution is 6.74. The van der Waals surface area contributed by atoms with Crippen LogP contribution < -0.4 is 16.2 Å². The standard InChI is InChI=1S/C48H35BN2/c1-47(2)33-20-11-19-32(43(33)50-38-25-27-14-6-5-13-26(27)23-35(38)47)39-30-17-9-10-18-31(30)41-40-29-16-8-7-15-28(29)24-36-45(40)51-44-34(48(36,3)4)21-12-22-37(44)49-42(39)46(41)51/h5-25,49-50H,1-4H3. The Morgan fingerprint density at radius 1 is 0.529 bits per heavy atom. The van der Waals surface area contributed by atoms with Crippen molar-refractivity contribution in [1.29, 1.82) is 0 Å². The zero-order valence-corrected chi connectivity index (χ0v) is 29.3. The molecule has 0 amide bonds. The van der Waals surface area contributed by atoms with E-state index in [0.29, 0.717) is 0 Å². The summed E-state index contributed by atoms with van der Waals surface area (Å²) in [5.41, 5.74) is 17.3. The number of nitrogens with one attached hydrogen (secondary N) is 1. The maximum absolute atomic E-state index is 4.04. The second-order valence-electron chi connectivity index (χ2n) is 16.2. The molecule has 3 aliphatic rings. The third-order valence-electron chi connectivity index (χ3n) is 12.9. The molecule has 0 bridgehead atoms. The van der Waals surface area contributed by atoms with Crippen LogP contribution in [-0.4, -0.2) is 11.8 Å². The molecular formula is C48H35BN2. The molecule has 240 valence electrons. The fourth-order valence-corrected chi connectivity index (χ4v) is 10.5. The Labute approximate surface area is 297 Å². The maximum Gasteiger partial charge on any atom is 0.198 e. The Bertz CT molecular complexity index is 3090. The highest BCUT2D eigenvalue weighted by Crippen LogP contribution is 2.54. The molecule has 3 aliphatic heterocycles. The lowest BCUT2D eigenvalue weighted by Gasteiger charge is -2.38. The Morgan fingerprint density at radius 3 is 1.98 bits per heavy atom. The number of rotatable bonds is 1. The van der Waals surface area contributed by atoms with Crippen molar-refractivity contribution >= 4 is 83.7 Å². The molecule has 12 rings (SSSR count). The Morgan fingerprint density at radius 2 is 1.16 bits per heavy atom. The van der Waals surface area contributed by atoms with E-state index in [1.54, 1.807) is 0 Å². The second kappa shape index (κ2) is 9.10. The average molecular weight is 651 g/mol. The number of hydrogen-bond donors (Lipinski definition) is 1. The summed E-state index contributed by atoms with van der Waals surface area (Å²) in [5, 5.41) is 14.7. The van der Waals surface area contributed by atoms with Crippen LogP contribution in [0.15, 0.2) is 127 Å². The SMILES string of the molecule is CC1(C)c2cc3ccccc3cc2Nc2c(-c3c4c5c(c6ccccc36)c3c6ccccc6cc6c3n5-c3c(cccc3C6(C)C)B4)cccc21. The molecule has 1 aromatic heterocycles. The molecule has 1 N–H and O–H groups in total. The second-order valence-corrected chi connectivity index (χ2v) is 16.2. The van der Waals surface area contributed by atoms with Gasteiger partial charge in [0, 0.05) is 44.1 Å². The lowest BCUT2D eigenvalue weighted by molar-refractivity contribution is 0.632. The minimum Gasteiger partial charge on any atom is -0.354 e. The number of aromatic nitrogens is 1. The maximum atomic E-state index is 4.04. The van der Waals surface area contributed by atoms with E-state index in [9.17, 15) is 0 Å². The minimum absolute atomic E-state index is 0.125. The summed E-state index contributed by atoms with van der Waals surface area (Å²) in [6, 6.07) is 48.3. The number of fused-ring (bicyclic) bond motifs is 8. The van der Waals surface area contributed by atoms with E-state index in [0.717, 1.165) is 7.28 Å². The summed E-state index contributed by atoms with van der Waals surface area (Å²) in [7, 11) is 0.897. The minimum atomic E-state index is -0.177. The van der Waals surface area contributed by atoms with Gasteiger partial charge in [-0.3, -0.25) is 0 Å². The van der Waals surface area contributed by atoms with Gasteiger partial charge in [-0.2, -0.15) is 0 Å². The fraction of sp³-hybridized carbons (Fsp3) is 0.125. The van der Waals surface area contributed by atoms with Gasteiger partial charge < -0.3 is 9.88 Å². The summed E-state index contributed by atoms with van der Waals surface area (Å²) >= 11 is 0. The van der Waals surface area contributed by atoms with Crippen molar-refractivity contribution in [3.63, 3.8) is 0 Å². The molecule has 3 heteroatoms. The number of anilines is 2. The van der Waals surface area contributed by atoms with Gasteiger partial charge in [0.05, 0.1) is 11.2 Å². The number of para-hydroxylation sites is 2. The van der Waals surface area contributed by atoms with Crippen LogP contribution in [0.1, 0.15) is 49.9 Å². The summed E-state index contributed by atoms with van der Waals surface area (Å²) in [5.74, 6) is 0. The van der Waals surface area contributed by atoms with Crippen molar-refractivity contribution in [2.75, 3.05) is 5.32 Å². The Hall–Kier alpha value is -5.80. The topological polar surface area (TPSA) is 17.0 Å². The van der Waals surface area contributed by atoms with Crippen molar-refractivity contribution < 1.29 is 0 Å². The molecule has 0 aliphatic carbocycles. The average Bonchev–Trinajstić information content (AvgIpc) is 3.51. The Balaban J connectivity index is 1.27. The van der Waals surface area contributed by atoms with Crippen LogP contribution >= 0.6 is 0 Å². The van der Waals surface area contributed by atoms with E-state index >= 15 is 0 Å². The molecule has 0 fully saturated rings. The number of nitrogens with zero attached hydrogens (tertiary/aromatic N) is 1. The van der Waals surface area contributed by atoms with Gasteiger partial charge >= 0.3 is 0 Å². The van der Waals surface area contributed by atoms with Gasteiger partial charge in [0.15, 0.2) is 7.28 Å². The van der Waals surface area contributed by atoms with E-state index < -0.39 is 0 Å². The lowest BCUT2D eigenvalue weighted by Crippen LogP contribution is -2.41. The largest absolute Gasteiger partial charge is 0.354 e. The zero-order valence-electron chi connectivity index (χ0n) is 29.3. The van der Waals surface area contributed by atoms with Gasteiger partial charge in [-0.1, -0.05) is 142 Å². The molecular weight excluding hydrogens is 615 g/mol. The molecule has 4 heterocycles. The normalized spacial score (nSPS) is 15.7. The molecule has 9 aromatic rings. The Kier molecular flexibility index (Phi) is 4.99. The molecule has 51 heavy (non-hydrogen) atoms. The third-order valence-corrected chi connectivity index (χ3v) is 12.9. The van der Waals surface area contributed by atoms with Gasteiger partial charge in [0.2, 0.25) is 0 Å². The summed E-state index contributed by atoms with van der Waals surface area (Å²) < 4.78 is 2.69. The smallest absolute Gasteiger partial charge is 0.198 e. The van der Waals surface area contributed by atoms with Gasteiger partial charge in [-0.05, 0) is 83.8 Å². The molecule has 2 nitrogen and oxygen atoms in total. The van der Waals surface area contributed by atoms with Gasteiger partial charge in [-0.15, -0.1) is 0 Å². The van der Waals surface area contributed by atoms with Gasteiger partial charge in [0.1, 0.15) is 0 Å². The van der Waals surface area contributed by atoms with Crippen molar-refractivity contribution in [1.82, 2.24) is 4.57 Å². The van der Waals surface area contributed by atoms with Crippen molar-refractivity contribution in [2.45, 2.75) is 38.5 Å². The highest BCUT2D eigenvalue weighted by atomic mass is 15.0. The molecule has 0 spiro atoms. The van der Waals surface area contributed by atoms with Crippen LogP contribution in [0.4, 0.5) is 11.4 Å². The van der Waals surface area contributed by atoms with Crippen LogP contribution in [0.5, 0.6) is 0 Å². The first kappa shape index (κ1) is 28.0. The molecule has 0 saturated heterocycles. The van der Waals surface area contributed by atoms with Crippen LogP contribution in [0.3, 0.4) is 0 Å². The first-order chi connectivity index (χ1) is 24.8. The van der Waals surface area contributed by atoms with E-state index in [-0.39, 0.29) is 10.8 Å². The summed E-state index contributed by atoms with van der Waals surface area (Å²) in [6.45, 7) is 9.64. The summed E-state index contributed by atoms with van der Waals surface area (Å²) in [6.07, 6.45) is 0. The van der Waals surface area contributed by atoms with E-state index in [1.807, 2.05) is 0 Å². The predicted octanol–water partition coefficient (Wildman–Crippen LogP) is 10.6. The zero-order chi connectivity index (χ0) is 34.0. The van der Waals surface area contributed by atoms with E-state index in [4.69, 9.17) is 0 Å². The van der Waals surface area contributed by atoms with Crippen molar-refractivity contribution in [3.05, 3.63) is 150 Å². The number of benzene rings is 8. The molecule has 0 unspecified atom stereocenters. The lowest BCUT2D eigenvalue weighted by atomic mass is 9.57. The van der Waals surface area contributed by atoms with Gasteiger partial charge in [0.25, 0.3) is 0 Å². The number of hydrogen-bond acceptors (Lipinski definition) is 1. The highest BCUT2D eigenvalue weighted by Gasteiger charge is 2.41. The van der Waals surface area contributed by atoms with Crippen molar-refractivity contribution in [3.8, 4) is 16.8 Å². The predicted molar refractivity (Wildman–Crippen MR) is 219 cm³/mol. The van der Waals surface area contributed by atoms with Crippen LogP contribution in [0, 0.1) is 0 Å². The van der Waals surface area contributed by atoms with Crippen molar-refractivity contribution in [2.24, 2.45) is 0 Å². The van der Waals surface area contributed by atoms with E-state index in [2.05, 4.69) is 165 Å². The van der Waals surface area contributed by atoms with Crippen LogP contribution in [0.2, 0.25) is 0 Å². The van der Waals surface area contributed by atoms with Crippen LogP contribution in [0.25, 0.3) is 70.9 Å². The third kappa shape index (κ3) is 3.27. The molecule has 0 atom stereocenters. The fourth-order valence-electron chi connectivity index (χ4n) is 10.5. The first-order valence-electron chi connectivity index (χ1n) is 18.3. The first-order valence-corrected chi connectivity index (χ1v) is 18.3. The quantitative estimate of drug-likeness (QED) is 0.175. The van der Waals surface area contributed by atoms with Gasteiger partial charge in [-0.25, -0.2) is 0 Å². The van der Waals surface area contributed by atoms with Crippen LogP contribution in [-0.2, 0) is 10.8 Å². The molecule has 0 radical (unpaired) electrons.